The molecule has 0 aliphatic heterocycles. The Bertz CT molecular complexity index is 648. The summed E-state index contributed by atoms with van der Waals surface area (Å²) >= 11 is 0. The van der Waals surface area contributed by atoms with Gasteiger partial charge in [0.25, 0.3) is 0 Å². The minimum absolute atomic E-state index is 0.750. The first-order chi connectivity index (χ1) is 12.2. The van der Waals surface area contributed by atoms with Crippen molar-refractivity contribution in [3.8, 4) is 0 Å². The van der Waals surface area contributed by atoms with Crippen LogP contribution in [0.5, 0.6) is 0 Å². The Kier molecular flexibility index (Phi) is 10.1. The zero-order chi connectivity index (χ0) is 18.5. The highest BCUT2D eigenvalue weighted by atomic mass is 16.1. The number of aryl methyl sites for hydroxylation is 1. The molecule has 1 N–H and O–H groups in total. The van der Waals surface area contributed by atoms with Crippen LogP contribution in [0.1, 0.15) is 52.7 Å². The van der Waals surface area contributed by atoms with Crippen LogP contribution in [-0.4, -0.2) is 26.2 Å². The van der Waals surface area contributed by atoms with E-state index in [-0.39, 0.29) is 0 Å². The fourth-order valence-corrected chi connectivity index (χ4v) is 2.53. The summed E-state index contributed by atoms with van der Waals surface area (Å²) in [6.07, 6.45) is 5.59. The summed E-state index contributed by atoms with van der Waals surface area (Å²) in [5, 5.41) is 3.20. The van der Waals surface area contributed by atoms with Gasteiger partial charge in [-0.05, 0) is 69.3 Å². The molecule has 2 aromatic rings. The summed E-state index contributed by atoms with van der Waals surface area (Å²) in [6.45, 7) is 4.45. The summed E-state index contributed by atoms with van der Waals surface area (Å²) in [6, 6.07) is 16.4. The largest absolute Gasteiger partial charge is 0.319 e. The van der Waals surface area contributed by atoms with Crippen molar-refractivity contribution in [3.63, 3.8) is 0 Å². The van der Waals surface area contributed by atoms with E-state index in [1.807, 2.05) is 38.2 Å². The second kappa shape index (κ2) is 12.2. The van der Waals surface area contributed by atoms with Crippen molar-refractivity contribution in [2.24, 2.45) is 0 Å². The molecule has 0 spiro atoms. The van der Waals surface area contributed by atoms with Crippen LogP contribution in [0.2, 0.25) is 0 Å². The second-order valence-corrected chi connectivity index (χ2v) is 6.04. The van der Waals surface area contributed by atoms with Crippen molar-refractivity contribution in [2.45, 2.75) is 39.0 Å². The van der Waals surface area contributed by atoms with E-state index >= 15 is 0 Å². The lowest BCUT2D eigenvalue weighted by molar-refractivity contribution is -0.106. The summed E-state index contributed by atoms with van der Waals surface area (Å²) in [5.74, 6) is 0.882. The zero-order valence-electron chi connectivity index (χ0n) is 15.5. The van der Waals surface area contributed by atoms with E-state index in [0.717, 1.165) is 36.2 Å². The van der Waals surface area contributed by atoms with Gasteiger partial charge in [-0.25, -0.2) is 0 Å². The van der Waals surface area contributed by atoms with Crippen LogP contribution >= 0.6 is 0 Å². The van der Waals surface area contributed by atoms with Gasteiger partial charge in [0.15, 0.2) is 0 Å². The number of carbonyl (C=O) groups is 2. The molecule has 3 rings (SSSR count). The molecule has 0 heterocycles. The van der Waals surface area contributed by atoms with Gasteiger partial charge in [0.05, 0.1) is 0 Å². The van der Waals surface area contributed by atoms with Crippen molar-refractivity contribution in [3.05, 3.63) is 70.8 Å². The molecule has 25 heavy (non-hydrogen) atoms. The molecular weight excluding hydrogens is 310 g/mol. The Hall–Kier alpha value is -2.26. The maximum atomic E-state index is 10.2. The standard InChI is InChI=1S/C12H17N.C8H8O.C2H4O/c1-13-9-8-10-4-2-3-5-12(10)11-6-7-11;1-7-4-2-3-5-8(7)6-9;1-2-3/h2-5,11,13H,6-9H2,1H3;2-6H,1H3;2H,1H3. The van der Waals surface area contributed by atoms with Gasteiger partial charge in [0.2, 0.25) is 0 Å². The lowest BCUT2D eigenvalue weighted by Gasteiger charge is -2.07. The molecule has 134 valence electrons. The molecule has 0 bridgehead atoms. The van der Waals surface area contributed by atoms with E-state index in [4.69, 9.17) is 4.79 Å². The quantitative estimate of drug-likeness (QED) is 0.824. The number of benzene rings is 2. The molecule has 0 amide bonds. The van der Waals surface area contributed by atoms with E-state index in [0.29, 0.717) is 0 Å². The normalized spacial score (nSPS) is 12.1. The van der Waals surface area contributed by atoms with E-state index in [1.54, 1.807) is 11.1 Å². The van der Waals surface area contributed by atoms with E-state index in [9.17, 15) is 4.79 Å². The number of carbonyl (C=O) groups excluding carboxylic acids is 2. The average Bonchev–Trinajstić information content (AvgIpc) is 3.47. The Labute approximate surface area is 151 Å². The van der Waals surface area contributed by atoms with Crippen LogP contribution < -0.4 is 5.32 Å². The van der Waals surface area contributed by atoms with Crippen molar-refractivity contribution < 1.29 is 9.59 Å². The highest BCUT2D eigenvalue weighted by Gasteiger charge is 2.25. The van der Waals surface area contributed by atoms with E-state index in [1.165, 1.54) is 26.2 Å². The molecule has 0 radical (unpaired) electrons. The van der Waals surface area contributed by atoms with Crippen LogP contribution in [0, 0.1) is 6.92 Å². The topological polar surface area (TPSA) is 46.2 Å². The summed E-state index contributed by atoms with van der Waals surface area (Å²) in [5.41, 5.74) is 4.95. The lowest BCUT2D eigenvalue weighted by Crippen LogP contribution is -2.11. The molecule has 3 nitrogen and oxygen atoms in total. The van der Waals surface area contributed by atoms with Crippen molar-refractivity contribution in [2.75, 3.05) is 13.6 Å². The second-order valence-electron chi connectivity index (χ2n) is 6.04. The summed E-state index contributed by atoms with van der Waals surface area (Å²) < 4.78 is 0. The molecule has 2 aromatic carbocycles. The summed E-state index contributed by atoms with van der Waals surface area (Å²) in [7, 11) is 2.01. The highest BCUT2D eigenvalue weighted by molar-refractivity contribution is 5.76. The Balaban J connectivity index is 0.000000228. The third-order valence-electron chi connectivity index (χ3n) is 4.03. The number of likely N-dealkylation sites (N-methyl/N-ethyl adjacent to an activating group) is 1. The summed E-state index contributed by atoms with van der Waals surface area (Å²) in [4.78, 5) is 19.0. The van der Waals surface area contributed by atoms with Gasteiger partial charge in [0.1, 0.15) is 12.6 Å². The van der Waals surface area contributed by atoms with Crippen molar-refractivity contribution in [1.82, 2.24) is 5.32 Å². The highest BCUT2D eigenvalue weighted by Crippen LogP contribution is 2.41. The first kappa shape index (κ1) is 20.8. The number of rotatable bonds is 5. The molecule has 0 atom stereocenters. The maximum absolute atomic E-state index is 10.2. The number of hydrogen-bond acceptors (Lipinski definition) is 3. The Morgan fingerprint density at radius 3 is 2.16 bits per heavy atom. The minimum Gasteiger partial charge on any atom is -0.319 e. The first-order valence-electron chi connectivity index (χ1n) is 8.80. The Morgan fingerprint density at radius 2 is 1.64 bits per heavy atom. The molecule has 1 aliphatic rings. The average molecular weight is 339 g/mol. The number of nitrogens with one attached hydrogen (secondary N) is 1. The third-order valence-corrected chi connectivity index (χ3v) is 4.03. The smallest absolute Gasteiger partial charge is 0.150 e. The van der Waals surface area contributed by atoms with Gasteiger partial charge < -0.3 is 10.1 Å². The maximum Gasteiger partial charge on any atom is 0.150 e. The number of hydrogen-bond donors (Lipinski definition) is 1. The molecular formula is C22H29NO2. The fourth-order valence-electron chi connectivity index (χ4n) is 2.53. The Morgan fingerprint density at radius 1 is 1.04 bits per heavy atom. The minimum atomic E-state index is 0.750. The fraction of sp³-hybridized carbons (Fsp3) is 0.364. The van der Waals surface area contributed by atoms with Crippen LogP contribution in [0.15, 0.2) is 48.5 Å². The molecule has 0 saturated heterocycles. The van der Waals surface area contributed by atoms with Gasteiger partial charge in [-0.15, -0.1) is 0 Å². The van der Waals surface area contributed by atoms with E-state index < -0.39 is 0 Å². The lowest BCUT2D eigenvalue weighted by atomic mass is 10.0. The van der Waals surface area contributed by atoms with Gasteiger partial charge >= 0.3 is 0 Å². The predicted octanol–water partition coefficient (Wildman–Crippen LogP) is 4.34. The van der Waals surface area contributed by atoms with Gasteiger partial charge in [-0.1, -0.05) is 48.5 Å². The zero-order valence-corrected chi connectivity index (χ0v) is 15.5. The molecule has 0 aromatic heterocycles. The van der Waals surface area contributed by atoms with Crippen LogP contribution in [0.4, 0.5) is 0 Å². The van der Waals surface area contributed by atoms with Gasteiger partial charge in [0, 0.05) is 5.56 Å². The molecule has 1 saturated carbocycles. The van der Waals surface area contributed by atoms with Crippen LogP contribution in [0.3, 0.4) is 0 Å². The van der Waals surface area contributed by atoms with Crippen LogP contribution in [-0.2, 0) is 11.2 Å². The molecule has 0 unspecified atom stereocenters. The third kappa shape index (κ3) is 7.90. The monoisotopic (exact) mass is 339 g/mol. The van der Waals surface area contributed by atoms with E-state index in [2.05, 4.69) is 29.6 Å². The molecule has 1 fully saturated rings. The van der Waals surface area contributed by atoms with Crippen molar-refractivity contribution in [1.29, 1.82) is 0 Å². The molecule has 3 heteroatoms. The van der Waals surface area contributed by atoms with Crippen molar-refractivity contribution >= 4 is 12.6 Å². The number of aldehydes is 2. The van der Waals surface area contributed by atoms with Gasteiger partial charge in [-0.2, -0.15) is 0 Å². The predicted molar refractivity (Wildman–Crippen MR) is 104 cm³/mol. The first-order valence-corrected chi connectivity index (χ1v) is 8.80. The van der Waals surface area contributed by atoms with Crippen LogP contribution in [0.25, 0.3) is 0 Å². The SMILES string of the molecule is CC=O.CNCCc1ccccc1C1CC1.Cc1ccccc1C=O. The molecule has 1 aliphatic carbocycles. The van der Waals surface area contributed by atoms with Gasteiger partial charge in [-0.3, -0.25) is 4.79 Å².